The molecule has 1 N–H and O–H groups in total. The summed E-state index contributed by atoms with van der Waals surface area (Å²) in [6, 6.07) is 12.6. The van der Waals surface area contributed by atoms with Gasteiger partial charge in [0.25, 0.3) is 0 Å². The second-order valence-electron chi connectivity index (χ2n) is 4.63. The average molecular weight is 299 g/mol. The molecule has 1 aromatic carbocycles. The molecule has 3 aromatic rings. The van der Waals surface area contributed by atoms with Crippen LogP contribution in [0, 0.1) is 12.7 Å². The summed E-state index contributed by atoms with van der Waals surface area (Å²) in [7, 11) is 0. The third-order valence-electron chi connectivity index (χ3n) is 2.99. The third kappa shape index (κ3) is 3.31. The summed E-state index contributed by atoms with van der Waals surface area (Å²) in [6.07, 6.45) is 1.76. The third-order valence-corrected chi connectivity index (χ3v) is 4.05. The lowest BCUT2D eigenvalue weighted by molar-refractivity contribution is 0.602. The molecule has 0 aliphatic carbocycles. The number of hydrogen-bond acceptors (Lipinski definition) is 3. The molecule has 5 heteroatoms. The Bertz CT molecular complexity index is 755. The number of rotatable bonds is 4. The summed E-state index contributed by atoms with van der Waals surface area (Å²) in [4.78, 5) is 12.6. The summed E-state index contributed by atoms with van der Waals surface area (Å²) >= 11 is 1.42. The van der Waals surface area contributed by atoms with E-state index in [1.54, 1.807) is 18.3 Å². The van der Waals surface area contributed by atoms with Crippen LogP contribution in [0.5, 0.6) is 0 Å². The molecule has 0 aliphatic rings. The predicted octanol–water partition coefficient (Wildman–Crippen LogP) is 4.21. The van der Waals surface area contributed by atoms with Crippen LogP contribution < -0.4 is 0 Å². The van der Waals surface area contributed by atoms with Gasteiger partial charge in [-0.1, -0.05) is 18.2 Å². The molecule has 0 unspecified atom stereocenters. The van der Waals surface area contributed by atoms with Gasteiger partial charge in [0.1, 0.15) is 11.6 Å². The average Bonchev–Trinajstić information content (AvgIpc) is 2.95. The largest absolute Gasteiger partial charge is 0.340 e. The van der Waals surface area contributed by atoms with Crippen LogP contribution in [0.25, 0.3) is 11.4 Å². The number of halogens is 1. The van der Waals surface area contributed by atoms with E-state index in [4.69, 9.17) is 0 Å². The van der Waals surface area contributed by atoms with Crippen molar-refractivity contribution in [2.75, 3.05) is 0 Å². The number of nitrogens with zero attached hydrogens (tertiary/aromatic N) is 2. The maximum atomic E-state index is 13.5. The lowest BCUT2D eigenvalue weighted by Gasteiger charge is -2.01. The van der Waals surface area contributed by atoms with Crippen molar-refractivity contribution >= 4 is 11.8 Å². The molecule has 0 saturated heterocycles. The van der Waals surface area contributed by atoms with Gasteiger partial charge in [0.15, 0.2) is 0 Å². The quantitative estimate of drug-likeness (QED) is 0.734. The number of nitrogens with one attached hydrogen (secondary N) is 1. The van der Waals surface area contributed by atoms with Gasteiger partial charge in [-0.05, 0) is 31.2 Å². The molecular formula is C16H14FN3S. The molecule has 0 saturated carbocycles. The summed E-state index contributed by atoms with van der Waals surface area (Å²) in [5.41, 5.74) is 2.71. The predicted molar refractivity (Wildman–Crippen MR) is 82.5 cm³/mol. The molecule has 106 valence electrons. The first kappa shape index (κ1) is 13.8. The molecule has 3 nitrogen and oxygen atoms in total. The monoisotopic (exact) mass is 299 g/mol. The molecule has 0 amide bonds. The van der Waals surface area contributed by atoms with Crippen molar-refractivity contribution in [3.05, 3.63) is 66.0 Å². The van der Waals surface area contributed by atoms with E-state index in [2.05, 4.69) is 15.0 Å². The molecular weight excluding hydrogens is 285 g/mol. The molecule has 21 heavy (non-hydrogen) atoms. The minimum Gasteiger partial charge on any atom is -0.340 e. The SMILES string of the molecule is Cc1cccc(-c2cnc(CSc3ccccc3F)[nH]2)n1. The Labute approximate surface area is 126 Å². The Morgan fingerprint density at radius 2 is 2.00 bits per heavy atom. The van der Waals surface area contributed by atoms with Crippen LogP contribution in [0.2, 0.25) is 0 Å². The summed E-state index contributed by atoms with van der Waals surface area (Å²) < 4.78 is 13.5. The second kappa shape index (κ2) is 6.10. The van der Waals surface area contributed by atoms with Gasteiger partial charge >= 0.3 is 0 Å². The van der Waals surface area contributed by atoms with Gasteiger partial charge in [0, 0.05) is 10.6 Å². The van der Waals surface area contributed by atoms with E-state index in [1.807, 2.05) is 31.2 Å². The van der Waals surface area contributed by atoms with E-state index >= 15 is 0 Å². The molecule has 2 aromatic heterocycles. The highest BCUT2D eigenvalue weighted by molar-refractivity contribution is 7.98. The topological polar surface area (TPSA) is 41.6 Å². The minimum absolute atomic E-state index is 0.199. The lowest BCUT2D eigenvalue weighted by atomic mass is 10.2. The molecule has 0 fully saturated rings. The standard InChI is InChI=1S/C16H14FN3S/c1-11-5-4-7-13(19-11)14-9-18-16(20-14)10-21-15-8-3-2-6-12(15)17/h2-9H,10H2,1H3,(H,18,20). The molecule has 2 heterocycles. The molecule has 3 rings (SSSR count). The van der Waals surface area contributed by atoms with Crippen LogP contribution >= 0.6 is 11.8 Å². The smallest absolute Gasteiger partial charge is 0.136 e. The van der Waals surface area contributed by atoms with Crippen molar-refractivity contribution in [2.24, 2.45) is 0 Å². The number of imidazole rings is 1. The summed E-state index contributed by atoms with van der Waals surface area (Å²) in [5, 5.41) is 0. The van der Waals surface area contributed by atoms with Crippen LogP contribution in [-0.4, -0.2) is 15.0 Å². The highest BCUT2D eigenvalue weighted by Gasteiger charge is 2.07. The van der Waals surface area contributed by atoms with Crippen molar-refractivity contribution in [1.82, 2.24) is 15.0 Å². The minimum atomic E-state index is -0.199. The van der Waals surface area contributed by atoms with E-state index in [-0.39, 0.29) is 5.82 Å². The summed E-state index contributed by atoms with van der Waals surface area (Å²) in [6.45, 7) is 1.95. The second-order valence-corrected chi connectivity index (χ2v) is 5.64. The van der Waals surface area contributed by atoms with Crippen LogP contribution in [0.3, 0.4) is 0 Å². The number of hydrogen-bond donors (Lipinski definition) is 1. The van der Waals surface area contributed by atoms with E-state index in [0.29, 0.717) is 10.6 Å². The molecule has 0 spiro atoms. The van der Waals surface area contributed by atoms with Gasteiger partial charge in [0.05, 0.1) is 23.3 Å². The van der Waals surface area contributed by atoms with Crippen molar-refractivity contribution in [3.8, 4) is 11.4 Å². The van der Waals surface area contributed by atoms with Crippen LogP contribution in [-0.2, 0) is 5.75 Å². The highest BCUT2D eigenvalue weighted by Crippen LogP contribution is 2.25. The zero-order chi connectivity index (χ0) is 14.7. The molecule has 0 radical (unpaired) electrons. The zero-order valence-electron chi connectivity index (χ0n) is 11.5. The number of aromatic nitrogens is 3. The van der Waals surface area contributed by atoms with Gasteiger partial charge in [-0.25, -0.2) is 9.37 Å². The summed E-state index contributed by atoms with van der Waals surface area (Å²) in [5.74, 6) is 1.20. The molecule has 0 aliphatic heterocycles. The number of aryl methyl sites for hydroxylation is 1. The number of pyridine rings is 1. The maximum Gasteiger partial charge on any atom is 0.136 e. The van der Waals surface area contributed by atoms with Gasteiger partial charge in [-0.2, -0.15) is 0 Å². The fourth-order valence-electron chi connectivity index (χ4n) is 1.97. The first-order valence-electron chi connectivity index (χ1n) is 6.57. The molecule has 0 atom stereocenters. The fraction of sp³-hybridized carbons (Fsp3) is 0.125. The van der Waals surface area contributed by atoms with Gasteiger partial charge in [0.2, 0.25) is 0 Å². The zero-order valence-corrected chi connectivity index (χ0v) is 12.3. The van der Waals surface area contributed by atoms with Gasteiger partial charge in [-0.15, -0.1) is 11.8 Å². The van der Waals surface area contributed by atoms with E-state index in [0.717, 1.165) is 22.9 Å². The van der Waals surface area contributed by atoms with Gasteiger partial charge in [-0.3, -0.25) is 4.98 Å². The van der Waals surface area contributed by atoms with Crippen molar-refractivity contribution in [3.63, 3.8) is 0 Å². The van der Waals surface area contributed by atoms with Crippen LogP contribution in [0.4, 0.5) is 4.39 Å². The Balaban J connectivity index is 1.72. The van der Waals surface area contributed by atoms with Crippen LogP contribution in [0.15, 0.2) is 53.6 Å². The number of H-pyrrole nitrogens is 1. The van der Waals surface area contributed by atoms with Crippen molar-refractivity contribution in [2.45, 2.75) is 17.6 Å². The first-order chi connectivity index (χ1) is 10.2. The molecule has 0 bridgehead atoms. The maximum absolute atomic E-state index is 13.5. The van der Waals surface area contributed by atoms with Gasteiger partial charge < -0.3 is 4.98 Å². The Morgan fingerprint density at radius 1 is 1.14 bits per heavy atom. The van der Waals surface area contributed by atoms with E-state index in [1.165, 1.54) is 17.8 Å². The normalized spacial score (nSPS) is 10.8. The Hall–Kier alpha value is -2.14. The van der Waals surface area contributed by atoms with E-state index in [9.17, 15) is 4.39 Å². The highest BCUT2D eigenvalue weighted by atomic mass is 32.2. The fourth-order valence-corrected chi connectivity index (χ4v) is 2.79. The van der Waals surface area contributed by atoms with Crippen molar-refractivity contribution < 1.29 is 4.39 Å². The van der Waals surface area contributed by atoms with E-state index < -0.39 is 0 Å². The Kier molecular flexibility index (Phi) is 4.01. The van der Waals surface area contributed by atoms with Crippen molar-refractivity contribution in [1.29, 1.82) is 0 Å². The number of thioether (sulfide) groups is 1. The lowest BCUT2D eigenvalue weighted by Crippen LogP contribution is -1.88. The number of benzene rings is 1. The van der Waals surface area contributed by atoms with Crippen LogP contribution in [0.1, 0.15) is 11.5 Å². The number of aromatic amines is 1. The Morgan fingerprint density at radius 3 is 2.81 bits per heavy atom. The first-order valence-corrected chi connectivity index (χ1v) is 7.56.